The van der Waals surface area contributed by atoms with Gasteiger partial charge in [-0.25, -0.2) is 0 Å². The molecule has 0 aliphatic rings. The Morgan fingerprint density at radius 3 is 2.89 bits per heavy atom. The van der Waals surface area contributed by atoms with Gasteiger partial charge in [-0.2, -0.15) is 5.26 Å². The highest BCUT2D eigenvalue weighted by atomic mass is 32.2. The molecule has 0 unspecified atom stereocenters. The fourth-order valence-corrected chi connectivity index (χ4v) is 4.94. The summed E-state index contributed by atoms with van der Waals surface area (Å²) in [6, 6.07) is 6.09. The summed E-state index contributed by atoms with van der Waals surface area (Å²) >= 11 is 4.41. The second-order valence-electron chi connectivity index (χ2n) is 6.04. The molecule has 140 valence electrons. The van der Waals surface area contributed by atoms with E-state index >= 15 is 0 Å². The Morgan fingerprint density at radius 2 is 2.22 bits per heavy atom. The summed E-state index contributed by atoms with van der Waals surface area (Å²) in [6.07, 6.45) is 0.996. The molecule has 3 heterocycles. The second-order valence-corrected chi connectivity index (χ2v) is 8.89. The minimum atomic E-state index is -0.164. The molecule has 3 aromatic heterocycles. The highest BCUT2D eigenvalue weighted by Gasteiger charge is 2.19. The molecule has 0 aliphatic heterocycles. The molecule has 0 saturated carbocycles. The number of anilines is 1. The smallest absolute Gasteiger partial charge is 0.235 e. The van der Waals surface area contributed by atoms with Gasteiger partial charge in [0.05, 0.1) is 11.3 Å². The Hall–Kier alpha value is -2.15. The Morgan fingerprint density at radius 1 is 1.41 bits per heavy atom. The van der Waals surface area contributed by atoms with E-state index in [9.17, 15) is 4.79 Å². The number of nitriles is 1. The zero-order valence-corrected chi connectivity index (χ0v) is 17.7. The van der Waals surface area contributed by atoms with Crippen LogP contribution in [0.15, 0.2) is 28.0 Å². The van der Waals surface area contributed by atoms with Crippen molar-refractivity contribution in [2.24, 2.45) is 0 Å². The van der Waals surface area contributed by atoms with Crippen molar-refractivity contribution in [3.8, 4) is 17.5 Å². The van der Waals surface area contributed by atoms with Crippen LogP contribution in [0.25, 0.3) is 11.4 Å². The second kappa shape index (κ2) is 8.69. The molecule has 0 aliphatic carbocycles. The zero-order valence-electron chi connectivity index (χ0n) is 15.2. The van der Waals surface area contributed by atoms with Crippen LogP contribution in [-0.2, 0) is 11.2 Å². The number of carbonyl (C=O) groups excluding carboxylic acids is 1. The SMILES string of the molecule is CCc1cc(-c2nnc(SCC(=O)Nc3sccc3C#N)n2C(C)C)cs1. The predicted octanol–water partition coefficient (Wildman–Crippen LogP) is 4.81. The minimum Gasteiger partial charge on any atom is -0.316 e. The number of hydrogen-bond donors (Lipinski definition) is 1. The Balaban J connectivity index is 1.73. The van der Waals surface area contributed by atoms with E-state index in [0.29, 0.717) is 15.7 Å². The number of aryl methyl sites for hydroxylation is 1. The molecule has 0 spiro atoms. The third-order valence-corrected chi connectivity index (χ3v) is 6.67. The van der Waals surface area contributed by atoms with Crippen LogP contribution in [-0.4, -0.2) is 26.4 Å². The van der Waals surface area contributed by atoms with Crippen LogP contribution in [0.1, 0.15) is 37.3 Å². The fourth-order valence-electron chi connectivity index (χ4n) is 2.51. The molecule has 9 heteroatoms. The van der Waals surface area contributed by atoms with Crippen molar-refractivity contribution in [3.05, 3.63) is 33.3 Å². The number of amides is 1. The molecule has 0 bridgehead atoms. The van der Waals surface area contributed by atoms with Gasteiger partial charge in [-0.1, -0.05) is 18.7 Å². The van der Waals surface area contributed by atoms with E-state index in [0.717, 1.165) is 17.8 Å². The van der Waals surface area contributed by atoms with Crippen molar-refractivity contribution in [2.75, 3.05) is 11.1 Å². The van der Waals surface area contributed by atoms with Gasteiger partial charge in [0.1, 0.15) is 11.1 Å². The first kappa shape index (κ1) is 19.6. The van der Waals surface area contributed by atoms with Crippen molar-refractivity contribution < 1.29 is 4.79 Å². The minimum absolute atomic E-state index is 0.164. The molecule has 0 aromatic carbocycles. The van der Waals surface area contributed by atoms with Crippen LogP contribution >= 0.6 is 34.4 Å². The number of hydrogen-bond acceptors (Lipinski definition) is 7. The highest BCUT2D eigenvalue weighted by Crippen LogP contribution is 2.31. The topological polar surface area (TPSA) is 83.6 Å². The first-order valence-corrected chi connectivity index (χ1v) is 11.2. The largest absolute Gasteiger partial charge is 0.316 e. The van der Waals surface area contributed by atoms with Gasteiger partial charge in [0, 0.05) is 21.9 Å². The monoisotopic (exact) mass is 417 g/mol. The number of carbonyl (C=O) groups is 1. The molecule has 3 rings (SSSR count). The quantitative estimate of drug-likeness (QED) is 0.558. The van der Waals surface area contributed by atoms with Gasteiger partial charge < -0.3 is 5.32 Å². The van der Waals surface area contributed by atoms with E-state index in [1.54, 1.807) is 22.8 Å². The summed E-state index contributed by atoms with van der Waals surface area (Å²) in [7, 11) is 0. The molecule has 0 fully saturated rings. The van der Waals surface area contributed by atoms with Gasteiger partial charge >= 0.3 is 0 Å². The van der Waals surface area contributed by atoms with Gasteiger partial charge in [0.15, 0.2) is 11.0 Å². The summed E-state index contributed by atoms with van der Waals surface area (Å²) in [6.45, 7) is 6.29. The molecule has 0 radical (unpaired) electrons. The average Bonchev–Trinajstić information content (AvgIpc) is 3.38. The lowest BCUT2D eigenvalue weighted by atomic mass is 10.2. The molecular weight excluding hydrogens is 398 g/mol. The van der Waals surface area contributed by atoms with Crippen LogP contribution in [0, 0.1) is 11.3 Å². The van der Waals surface area contributed by atoms with Crippen LogP contribution in [0.3, 0.4) is 0 Å². The number of nitrogens with one attached hydrogen (secondary N) is 1. The lowest BCUT2D eigenvalue weighted by Gasteiger charge is -2.13. The number of nitrogens with zero attached hydrogens (tertiary/aromatic N) is 4. The molecule has 0 atom stereocenters. The van der Waals surface area contributed by atoms with Gasteiger partial charge in [-0.05, 0) is 37.8 Å². The van der Waals surface area contributed by atoms with E-state index in [4.69, 9.17) is 5.26 Å². The highest BCUT2D eigenvalue weighted by molar-refractivity contribution is 7.99. The fraction of sp³-hybridized carbons (Fsp3) is 0.333. The molecule has 27 heavy (non-hydrogen) atoms. The molecule has 0 saturated heterocycles. The number of thiophene rings is 2. The van der Waals surface area contributed by atoms with E-state index in [1.807, 2.05) is 0 Å². The molecular formula is C18H19N5OS3. The summed E-state index contributed by atoms with van der Waals surface area (Å²) in [5.74, 6) is 0.869. The van der Waals surface area contributed by atoms with E-state index < -0.39 is 0 Å². The van der Waals surface area contributed by atoms with Crippen LogP contribution < -0.4 is 5.32 Å². The van der Waals surface area contributed by atoms with Crippen molar-refractivity contribution in [1.82, 2.24) is 14.8 Å². The number of rotatable bonds is 7. The maximum Gasteiger partial charge on any atom is 0.235 e. The Labute approximate surface area is 170 Å². The van der Waals surface area contributed by atoms with Gasteiger partial charge in [0.2, 0.25) is 5.91 Å². The molecule has 6 nitrogen and oxygen atoms in total. The number of thioether (sulfide) groups is 1. The standard InChI is InChI=1S/C18H19N5OS3/c1-4-14-7-13(9-26-14)16-21-22-18(23(16)11(2)3)27-10-15(24)20-17-12(8-19)5-6-25-17/h5-7,9,11H,4,10H2,1-3H3,(H,20,24). The first-order valence-electron chi connectivity index (χ1n) is 8.46. The lowest BCUT2D eigenvalue weighted by molar-refractivity contribution is -0.113. The maximum absolute atomic E-state index is 12.3. The van der Waals surface area contributed by atoms with E-state index in [-0.39, 0.29) is 17.7 Å². The predicted molar refractivity (Wildman–Crippen MR) is 111 cm³/mol. The summed E-state index contributed by atoms with van der Waals surface area (Å²) in [4.78, 5) is 13.6. The van der Waals surface area contributed by atoms with Crippen LogP contribution in [0.5, 0.6) is 0 Å². The zero-order chi connectivity index (χ0) is 19.4. The van der Waals surface area contributed by atoms with Crippen molar-refractivity contribution in [3.63, 3.8) is 0 Å². The first-order chi connectivity index (χ1) is 13.0. The Kier molecular flexibility index (Phi) is 6.31. The number of aromatic nitrogens is 3. The third kappa shape index (κ3) is 4.40. The summed E-state index contributed by atoms with van der Waals surface area (Å²) in [5, 5.41) is 25.7. The Bertz CT molecular complexity index is 979. The maximum atomic E-state index is 12.3. The average molecular weight is 418 g/mol. The normalized spacial score (nSPS) is 10.9. The van der Waals surface area contributed by atoms with E-state index in [1.165, 1.54) is 28.0 Å². The van der Waals surface area contributed by atoms with Crippen molar-refractivity contribution in [1.29, 1.82) is 5.26 Å². The molecule has 1 amide bonds. The van der Waals surface area contributed by atoms with Crippen molar-refractivity contribution in [2.45, 2.75) is 38.4 Å². The van der Waals surface area contributed by atoms with Crippen LogP contribution in [0.4, 0.5) is 5.00 Å². The summed E-state index contributed by atoms with van der Waals surface area (Å²) in [5.41, 5.74) is 1.54. The van der Waals surface area contributed by atoms with Gasteiger partial charge in [0.25, 0.3) is 0 Å². The third-order valence-electron chi connectivity index (χ3n) is 3.81. The summed E-state index contributed by atoms with van der Waals surface area (Å²) < 4.78 is 2.06. The van der Waals surface area contributed by atoms with E-state index in [2.05, 4.69) is 58.4 Å². The van der Waals surface area contributed by atoms with Gasteiger partial charge in [-0.15, -0.1) is 32.9 Å². The molecule has 3 aromatic rings. The lowest BCUT2D eigenvalue weighted by Crippen LogP contribution is -2.14. The van der Waals surface area contributed by atoms with Gasteiger partial charge in [-0.3, -0.25) is 9.36 Å². The van der Waals surface area contributed by atoms with Crippen molar-refractivity contribution >= 4 is 45.3 Å². The van der Waals surface area contributed by atoms with Crippen LogP contribution in [0.2, 0.25) is 0 Å². The molecule has 1 N–H and O–H groups in total.